The van der Waals surface area contributed by atoms with Crippen LogP contribution in [0, 0.1) is 0 Å². The summed E-state index contributed by atoms with van der Waals surface area (Å²) in [4.78, 5) is 55.2. The first kappa shape index (κ1) is 22.7. The molecule has 4 rings (SSSR count). The number of fused-ring (bicyclic) bond motifs is 1. The molecule has 0 atom stereocenters. The van der Waals surface area contributed by atoms with Crippen molar-refractivity contribution in [1.82, 2.24) is 29.5 Å². The standard InChI is InChI=1S/C22H22N6O6/c1-33-11-9-26-14-23-19-18(26)21(31)28(22(32)27(19)12-15-6-3-2-4-7-15)13-17(29)24-25-20(30)16-8-5-10-34-16/h2-8,10,14H,9,11-13H2,1H3,(H,24,29)(H,25,30). The molecule has 34 heavy (non-hydrogen) atoms. The molecule has 0 unspecified atom stereocenters. The number of ether oxygens (including phenoxy) is 1. The zero-order valence-electron chi connectivity index (χ0n) is 18.3. The Hall–Kier alpha value is -4.45. The van der Waals surface area contributed by atoms with E-state index in [9.17, 15) is 19.2 Å². The summed E-state index contributed by atoms with van der Waals surface area (Å²) >= 11 is 0. The molecule has 0 aliphatic rings. The maximum Gasteiger partial charge on any atom is 0.333 e. The summed E-state index contributed by atoms with van der Waals surface area (Å²) in [7, 11) is 1.53. The van der Waals surface area contributed by atoms with Gasteiger partial charge >= 0.3 is 11.6 Å². The van der Waals surface area contributed by atoms with Crippen LogP contribution in [0.3, 0.4) is 0 Å². The SMILES string of the molecule is COCCn1cnc2c1c(=O)n(CC(=O)NNC(=O)c1ccco1)c(=O)n2Cc1ccccc1. The maximum atomic E-state index is 13.3. The quantitative estimate of drug-likeness (QED) is 0.351. The van der Waals surface area contributed by atoms with Gasteiger partial charge in [0.1, 0.15) is 6.54 Å². The number of nitrogens with zero attached hydrogens (tertiary/aromatic N) is 4. The second-order valence-electron chi connectivity index (χ2n) is 7.33. The third-order valence-corrected chi connectivity index (χ3v) is 5.07. The van der Waals surface area contributed by atoms with Crippen LogP contribution in [0.1, 0.15) is 16.1 Å². The highest BCUT2D eigenvalue weighted by molar-refractivity contribution is 5.92. The van der Waals surface area contributed by atoms with Crippen LogP contribution >= 0.6 is 0 Å². The predicted molar refractivity (Wildman–Crippen MR) is 120 cm³/mol. The minimum Gasteiger partial charge on any atom is -0.459 e. The van der Waals surface area contributed by atoms with Crippen molar-refractivity contribution in [2.75, 3.05) is 13.7 Å². The number of hydrogen-bond acceptors (Lipinski definition) is 7. The largest absolute Gasteiger partial charge is 0.459 e. The lowest BCUT2D eigenvalue weighted by molar-refractivity contribution is -0.122. The van der Waals surface area contributed by atoms with Gasteiger partial charge in [-0.2, -0.15) is 0 Å². The lowest BCUT2D eigenvalue weighted by Gasteiger charge is -2.13. The Kier molecular flexibility index (Phi) is 6.69. The van der Waals surface area contributed by atoms with Crippen LogP contribution < -0.4 is 22.1 Å². The van der Waals surface area contributed by atoms with Crippen LogP contribution in [0.25, 0.3) is 11.2 Å². The summed E-state index contributed by atoms with van der Waals surface area (Å²) < 4.78 is 13.8. The molecule has 0 aliphatic heterocycles. The van der Waals surface area contributed by atoms with E-state index in [4.69, 9.17) is 9.15 Å². The number of carbonyl (C=O) groups is 2. The Balaban J connectivity index is 1.68. The van der Waals surface area contributed by atoms with E-state index in [1.54, 1.807) is 4.57 Å². The number of benzene rings is 1. The van der Waals surface area contributed by atoms with E-state index in [2.05, 4.69) is 15.8 Å². The van der Waals surface area contributed by atoms with Gasteiger partial charge in [-0.3, -0.25) is 29.8 Å². The molecule has 0 saturated heterocycles. The minimum atomic E-state index is -0.771. The van der Waals surface area contributed by atoms with Crippen molar-refractivity contribution >= 4 is 23.0 Å². The molecule has 4 aromatic rings. The number of furan rings is 1. The van der Waals surface area contributed by atoms with E-state index in [0.717, 1.165) is 10.1 Å². The summed E-state index contributed by atoms with van der Waals surface area (Å²) in [5.41, 5.74) is 4.18. The maximum absolute atomic E-state index is 13.3. The molecular weight excluding hydrogens is 444 g/mol. The van der Waals surface area contributed by atoms with Crippen molar-refractivity contribution in [2.24, 2.45) is 0 Å². The van der Waals surface area contributed by atoms with Crippen LogP contribution in [-0.2, 0) is 29.2 Å². The van der Waals surface area contributed by atoms with Crippen LogP contribution in [-0.4, -0.2) is 44.2 Å². The lowest BCUT2D eigenvalue weighted by atomic mass is 10.2. The average Bonchev–Trinajstić information content (AvgIpc) is 3.53. The first-order valence-electron chi connectivity index (χ1n) is 10.3. The van der Waals surface area contributed by atoms with E-state index in [0.29, 0.717) is 13.2 Å². The monoisotopic (exact) mass is 466 g/mol. The highest BCUT2D eigenvalue weighted by Gasteiger charge is 2.20. The van der Waals surface area contributed by atoms with E-state index in [1.165, 1.54) is 36.4 Å². The molecule has 2 amide bonds. The molecule has 176 valence electrons. The highest BCUT2D eigenvalue weighted by Crippen LogP contribution is 2.10. The molecule has 3 heterocycles. The van der Waals surface area contributed by atoms with Crippen LogP contribution in [0.15, 0.2) is 69.1 Å². The molecule has 0 fully saturated rings. The fourth-order valence-electron chi connectivity index (χ4n) is 3.42. The molecule has 0 aliphatic carbocycles. The lowest BCUT2D eigenvalue weighted by Crippen LogP contribution is -2.48. The normalized spacial score (nSPS) is 11.0. The summed E-state index contributed by atoms with van der Waals surface area (Å²) in [5.74, 6) is -1.46. The van der Waals surface area contributed by atoms with Gasteiger partial charge in [0.2, 0.25) is 0 Å². The van der Waals surface area contributed by atoms with Gasteiger partial charge in [0.05, 0.1) is 25.7 Å². The second-order valence-corrected chi connectivity index (χ2v) is 7.33. The molecular formula is C22H22N6O6. The second kappa shape index (κ2) is 10.0. The summed E-state index contributed by atoms with van der Waals surface area (Å²) in [6.07, 6.45) is 2.77. The van der Waals surface area contributed by atoms with Crippen molar-refractivity contribution in [1.29, 1.82) is 0 Å². The predicted octanol–water partition coefficient (Wildman–Crippen LogP) is 0.109. The van der Waals surface area contributed by atoms with Crippen molar-refractivity contribution in [3.63, 3.8) is 0 Å². The Morgan fingerprint density at radius 2 is 1.85 bits per heavy atom. The Labute approximate surface area is 192 Å². The smallest absolute Gasteiger partial charge is 0.333 e. The highest BCUT2D eigenvalue weighted by atomic mass is 16.5. The number of carbonyl (C=O) groups excluding carboxylic acids is 2. The molecule has 0 saturated carbocycles. The number of nitrogens with one attached hydrogen (secondary N) is 2. The van der Waals surface area contributed by atoms with Crippen LogP contribution in [0.5, 0.6) is 0 Å². The van der Waals surface area contributed by atoms with Crippen LogP contribution in [0.4, 0.5) is 0 Å². The first-order chi connectivity index (χ1) is 16.5. The van der Waals surface area contributed by atoms with E-state index >= 15 is 0 Å². The molecule has 1 aromatic carbocycles. The Morgan fingerprint density at radius 3 is 2.56 bits per heavy atom. The Morgan fingerprint density at radius 1 is 1.06 bits per heavy atom. The fraction of sp³-hybridized carbons (Fsp3) is 0.227. The number of rotatable bonds is 8. The molecule has 12 nitrogen and oxygen atoms in total. The zero-order valence-corrected chi connectivity index (χ0v) is 18.3. The molecule has 0 radical (unpaired) electrons. The third kappa shape index (κ3) is 4.66. The van der Waals surface area contributed by atoms with Gasteiger partial charge < -0.3 is 13.7 Å². The van der Waals surface area contributed by atoms with Gasteiger partial charge in [0.15, 0.2) is 16.9 Å². The van der Waals surface area contributed by atoms with Gasteiger partial charge in [0, 0.05) is 13.7 Å². The number of amides is 2. The molecule has 3 aromatic heterocycles. The number of imidazole rings is 1. The zero-order chi connectivity index (χ0) is 24.1. The topological polar surface area (TPSA) is 142 Å². The van der Waals surface area contributed by atoms with Gasteiger partial charge in [-0.15, -0.1) is 0 Å². The summed E-state index contributed by atoms with van der Waals surface area (Å²) in [6, 6.07) is 12.1. The number of aromatic nitrogens is 4. The van der Waals surface area contributed by atoms with Crippen molar-refractivity contribution in [3.8, 4) is 0 Å². The number of methoxy groups -OCH3 is 1. The summed E-state index contributed by atoms with van der Waals surface area (Å²) in [6.45, 7) is 0.185. The van der Waals surface area contributed by atoms with Gasteiger partial charge in [-0.25, -0.2) is 14.3 Å². The molecule has 0 bridgehead atoms. The van der Waals surface area contributed by atoms with Crippen molar-refractivity contribution in [3.05, 3.63) is 87.2 Å². The van der Waals surface area contributed by atoms with Gasteiger partial charge in [-0.05, 0) is 17.7 Å². The van der Waals surface area contributed by atoms with Crippen molar-refractivity contribution in [2.45, 2.75) is 19.6 Å². The van der Waals surface area contributed by atoms with E-state index in [1.807, 2.05) is 30.3 Å². The Bertz CT molecular complexity index is 1420. The van der Waals surface area contributed by atoms with E-state index in [-0.39, 0.29) is 23.5 Å². The fourth-order valence-corrected chi connectivity index (χ4v) is 3.42. The summed E-state index contributed by atoms with van der Waals surface area (Å²) in [5, 5.41) is 0. The van der Waals surface area contributed by atoms with Gasteiger partial charge in [0.25, 0.3) is 11.5 Å². The number of hydrogen-bond donors (Lipinski definition) is 2. The number of hydrazine groups is 1. The first-order valence-corrected chi connectivity index (χ1v) is 10.3. The molecule has 2 N–H and O–H groups in total. The van der Waals surface area contributed by atoms with Crippen molar-refractivity contribution < 1.29 is 18.7 Å². The molecule has 0 spiro atoms. The average molecular weight is 466 g/mol. The molecule has 12 heteroatoms. The van der Waals surface area contributed by atoms with E-state index < -0.39 is 29.6 Å². The minimum absolute atomic E-state index is 0.00820. The van der Waals surface area contributed by atoms with Crippen LogP contribution in [0.2, 0.25) is 0 Å². The third-order valence-electron chi connectivity index (χ3n) is 5.07. The van der Waals surface area contributed by atoms with Gasteiger partial charge in [-0.1, -0.05) is 30.3 Å².